The normalized spacial score (nSPS) is 24.5. The van der Waals surface area contributed by atoms with Crippen molar-refractivity contribution in [1.29, 1.82) is 0 Å². The third-order valence-corrected chi connectivity index (χ3v) is 2.94. The van der Waals surface area contributed by atoms with E-state index in [0.29, 0.717) is 6.04 Å². The molecule has 0 aromatic heterocycles. The fraction of sp³-hybridized carbons (Fsp3) is 1.00. The maximum Gasteiger partial charge on any atom is 0.00931 e. The fourth-order valence-electron chi connectivity index (χ4n) is 2.07. The van der Waals surface area contributed by atoms with E-state index in [0.717, 1.165) is 6.04 Å². The van der Waals surface area contributed by atoms with Crippen molar-refractivity contribution < 1.29 is 0 Å². The SMILES string of the molecule is CC(C)NCCC[C@H]1CCCN1C. The van der Waals surface area contributed by atoms with Crippen LogP contribution in [-0.4, -0.2) is 37.1 Å². The Labute approximate surface area is 82.7 Å². The van der Waals surface area contributed by atoms with Crippen LogP contribution in [0.25, 0.3) is 0 Å². The lowest BCUT2D eigenvalue weighted by Crippen LogP contribution is -2.28. The molecule has 1 N–H and O–H groups in total. The fourth-order valence-corrected chi connectivity index (χ4v) is 2.07. The monoisotopic (exact) mass is 184 g/mol. The molecule has 0 aromatic carbocycles. The summed E-state index contributed by atoms with van der Waals surface area (Å²) in [5.41, 5.74) is 0. The first-order valence-electron chi connectivity index (χ1n) is 5.64. The molecule has 0 aliphatic carbocycles. The van der Waals surface area contributed by atoms with Crippen LogP contribution >= 0.6 is 0 Å². The zero-order valence-electron chi connectivity index (χ0n) is 9.34. The maximum atomic E-state index is 3.47. The van der Waals surface area contributed by atoms with Crippen LogP contribution in [0, 0.1) is 0 Å². The van der Waals surface area contributed by atoms with E-state index in [9.17, 15) is 0 Å². The number of nitrogens with zero attached hydrogens (tertiary/aromatic N) is 1. The zero-order chi connectivity index (χ0) is 9.68. The molecule has 1 rings (SSSR count). The molecule has 1 saturated heterocycles. The predicted molar refractivity (Wildman–Crippen MR) is 58.0 cm³/mol. The standard InChI is InChI=1S/C11H24N2/c1-10(2)12-8-4-6-11-7-5-9-13(11)3/h10-12H,4-9H2,1-3H3/t11-/m0/s1. The molecule has 0 unspecified atom stereocenters. The summed E-state index contributed by atoms with van der Waals surface area (Å²) < 4.78 is 0. The van der Waals surface area contributed by atoms with Crippen LogP contribution in [0.1, 0.15) is 39.5 Å². The quantitative estimate of drug-likeness (QED) is 0.656. The van der Waals surface area contributed by atoms with Crippen LogP contribution in [0.2, 0.25) is 0 Å². The van der Waals surface area contributed by atoms with Crippen molar-refractivity contribution in [2.45, 2.75) is 51.6 Å². The van der Waals surface area contributed by atoms with Crippen LogP contribution in [0.3, 0.4) is 0 Å². The van der Waals surface area contributed by atoms with E-state index in [1.54, 1.807) is 0 Å². The number of nitrogens with one attached hydrogen (secondary N) is 1. The van der Waals surface area contributed by atoms with Crippen LogP contribution in [0.15, 0.2) is 0 Å². The van der Waals surface area contributed by atoms with Crippen LogP contribution in [0.4, 0.5) is 0 Å². The number of rotatable bonds is 5. The van der Waals surface area contributed by atoms with E-state index in [1.807, 2.05) is 0 Å². The second-order valence-corrected chi connectivity index (χ2v) is 4.53. The first-order chi connectivity index (χ1) is 6.20. The summed E-state index contributed by atoms with van der Waals surface area (Å²) in [5, 5.41) is 3.47. The molecule has 0 aromatic rings. The molecule has 1 aliphatic heterocycles. The molecule has 0 amide bonds. The van der Waals surface area contributed by atoms with Gasteiger partial charge in [-0.05, 0) is 45.8 Å². The highest BCUT2D eigenvalue weighted by Crippen LogP contribution is 2.18. The molecular formula is C11H24N2. The van der Waals surface area contributed by atoms with Gasteiger partial charge in [0.1, 0.15) is 0 Å². The summed E-state index contributed by atoms with van der Waals surface area (Å²) in [6, 6.07) is 1.51. The lowest BCUT2D eigenvalue weighted by atomic mass is 10.1. The number of hydrogen-bond donors (Lipinski definition) is 1. The van der Waals surface area contributed by atoms with Gasteiger partial charge in [0.15, 0.2) is 0 Å². The largest absolute Gasteiger partial charge is 0.315 e. The predicted octanol–water partition coefficient (Wildman–Crippen LogP) is 1.86. The Morgan fingerprint density at radius 3 is 2.77 bits per heavy atom. The van der Waals surface area contributed by atoms with Gasteiger partial charge in [-0.1, -0.05) is 13.8 Å². The van der Waals surface area contributed by atoms with Crippen molar-refractivity contribution >= 4 is 0 Å². The molecule has 78 valence electrons. The van der Waals surface area contributed by atoms with E-state index in [2.05, 4.69) is 31.1 Å². The Hall–Kier alpha value is -0.0800. The molecule has 1 heterocycles. The third kappa shape index (κ3) is 4.10. The Kier molecular flexibility index (Phi) is 4.74. The van der Waals surface area contributed by atoms with Gasteiger partial charge in [0.25, 0.3) is 0 Å². The lowest BCUT2D eigenvalue weighted by Gasteiger charge is -2.19. The smallest absolute Gasteiger partial charge is 0.00931 e. The van der Waals surface area contributed by atoms with Crippen LogP contribution in [-0.2, 0) is 0 Å². The average Bonchev–Trinajstić information content (AvgIpc) is 2.45. The highest BCUT2D eigenvalue weighted by molar-refractivity contribution is 4.76. The zero-order valence-corrected chi connectivity index (χ0v) is 9.34. The van der Waals surface area contributed by atoms with Crippen molar-refractivity contribution in [2.75, 3.05) is 20.1 Å². The minimum Gasteiger partial charge on any atom is -0.315 e. The Bertz CT molecular complexity index is 134. The summed E-state index contributed by atoms with van der Waals surface area (Å²) in [7, 11) is 2.26. The van der Waals surface area contributed by atoms with Crippen LogP contribution in [0.5, 0.6) is 0 Å². The van der Waals surface area contributed by atoms with Gasteiger partial charge in [0.2, 0.25) is 0 Å². The van der Waals surface area contributed by atoms with Gasteiger partial charge in [-0.3, -0.25) is 0 Å². The van der Waals surface area contributed by atoms with Crippen molar-refractivity contribution in [3.05, 3.63) is 0 Å². The molecule has 0 bridgehead atoms. The number of likely N-dealkylation sites (tertiary alicyclic amines) is 1. The van der Waals surface area contributed by atoms with Gasteiger partial charge >= 0.3 is 0 Å². The van der Waals surface area contributed by atoms with Crippen molar-refractivity contribution in [3.8, 4) is 0 Å². The van der Waals surface area contributed by atoms with Gasteiger partial charge < -0.3 is 10.2 Å². The topological polar surface area (TPSA) is 15.3 Å². The van der Waals surface area contributed by atoms with Gasteiger partial charge in [-0.25, -0.2) is 0 Å². The lowest BCUT2D eigenvalue weighted by molar-refractivity contribution is 0.290. The molecular weight excluding hydrogens is 160 g/mol. The van der Waals surface area contributed by atoms with E-state index in [1.165, 1.54) is 38.8 Å². The summed E-state index contributed by atoms with van der Waals surface area (Å²) in [6.07, 6.45) is 5.51. The van der Waals surface area contributed by atoms with Gasteiger partial charge in [-0.2, -0.15) is 0 Å². The van der Waals surface area contributed by atoms with E-state index >= 15 is 0 Å². The van der Waals surface area contributed by atoms with E-state index < -0.39 is 0 Å². The van der Waals surface area contributed by atoms with E-state index in [4.69, 9.17) is 0 Å². The summed E-state index contributed by atoms with van der Waals surface area (Å²) >= 11 is 0. The van der Waals surface area contributed by atoms with Crippen LogP contribution < -0.4 is 5.32 Å². The highest BCUT2D eigenvalue weighted by Gasteiger charge is 2.19. The van der Waals surface area contributed by atoms with Crippen molar-refractivity contribution in [1.82, 2.24) is 10.2 Å². The molecule has 0 radical (unpaired) electrons. The van der Waals surface area contributed by atoms with Crippen molar-refractivity contribution in [2.24, 2.45) is 0 Å². The Balaban J connectivity index is 1.99. The third-order valence-electron chi connectivity index (χ3n) is 2.94. The molecule has 1 atom stereocenters. The summed E-state index contributed by atoms with van der Waals surface area (Å²) in [5.74, 6) is 0. The minimum atomic E-state index is 0.640. The Morgan fingerprint density at radius 1 is 1.46 bits per heavy atom. The van der Waals surface area contributed by atoms with Crippen molar-refractivity contribution in [3.63, 3.8) is 0 Å². The molecule has 13 heavy (non-hydrogen) atoms. The molecule has 1 aliphatic rings. The first-order valence-corrected chi connectivity index (χ1v) is 5.64. The molecule has 1 fully saturated rings. The summed E-state index contributed by atoms with van der Waals surface area (Å²) in [6.45, 7) is 6.91. The van der Waals surface area contributed by atoms with E-state index in [-0.39, 0.29) is 0 Å². The highest BCUT2D eigenvalue weighted by atomic mass is 15.1. The number of hydrogen-bond acceptors (Lipinski definition) is 2. The average molecular weight is 184 g/mol. The van der Waals surface area contributed by atoms with Gasteiger partial charge in [0.05, 0.1) is 0 Å². The molecule has 0 spiro atoms. The Morgan fingerprint density at radius 2 is 2.23 bits per heavy atom. The second kappa shape index (κ2) is 5.61. The second-order valence-electron chi connectivity index (χ2n) is 4.53. The first kappa shape index (κ1) is 11.0. The van der Waals surface area contributed by atoms with Gasteiger partial charge in [-0.15, -0.1) is 0 Å². The van der Waals surface area contributed by atoms with Gasteiger partial charge in [0, 0.05) is 12.1 Å². The molecule has 2 nitrogen and oxygen atoms in total. The summed E-state index contributed by atoms with van der Waals surface area (Å²) in [4.78, 5) is 2.51. The maximum absolute atomic E-state index is 3.47. The molecule has 0 saturated carbocycles. The minimum absolute atomic E-state index is 0.640. The molecule has 2 heteroatoms.